The number of aryl methyl sites for hydroxylation is 1. The van der Waals surface area contributed by atoms with Crippen LogP contribution in [0.1, 0.15) is 49.8 Å². The molecule has 0 heterocycles. The van der Waals surface area contributed by atoms with Crippen molar-refractivity contribution in [2.24, 2.45) is 5.73 Å². The van der Waals surface area contributed by atoms with Crippen LogP contribution in [0.4, 0.5) is 0 Å². The average Bonchev–Trinajstić information content (AvgIpc) is 2.17. The second-order valence-corrected chi connectivity index (χ2v) is 4.16. The summed E-state index contributed by atoms with van der Waals surface area (Å²) in [7, 11) is 0. The largest absolute Gasteiger partial charge is 0.508 e. The lowest BCUT2D eigenvalue weighted by molar-refractivity contribution is 0.455. The Morgan fingerprint density at radius 3 is 2.56 bits per heavy atom. The first-order valence-corrected chi connectivity index (χ1v) is 5.70. The number of nitrogens with two attached hydrogens (primary N) is 1. The molecule has 0 saturated carbocycles. The number of rotatable bonds is 5. The molecule has 0 aliphatic carbocycles. The average molecular weight is 244 g/mol. The van der Waals surface area contributed by atoms with Crippen molar-refractivity contribution < 1.29 is 5.11 Å². The lowest BCUT2D eigenvalue weighted by Crippen LogP contribution is -2.10. The van der Waals surface area contributed by atoms with Gasteiger partial charge in [0, 0.05) is 11.6 Å². The molecule has 3 heteroatoms. The fraction of sp³-hybridized carbons (Fsp3) is 0.538. The summed E-state index contributed by atoms with van der Waals surface area (Å²) >= 11 is 0. The van der Waals surface area contributed by atoms with Gasteiger partial charge in [-0.2, -0.15) is 0 Å². The second kappa shape index (κ2) is 7.53. The molecule has 16 heavy (non-hydrogen) atoms. The van der Waals surface area contributed by atoms with Crippen LogP contribution in [0.2, 0.25) is 0 Å². The van der Waals surface area contributed by atoms with Crippen LogP contribution in [0, 0.1) is 6.92 Å². The van der Waals surface area contributed by atoms with Gasteiger partial charge in [0.1, 0.15) is 5.75 Å². The Morgan fingerprint density at radius 1 is 1.31 bits per heavy atom. The summed E-state index contributed by atoms with van der Waals surface area (Å²) < 4.78 is 0. The Morgan fingerprint density at radius 2 is 2.00 bits per heavy atom. The van der Waals surface area contributed by atoms with Crippen molar-refractivity contribution in [1.29, 1.82) is 0 Å². The van der Waals surface area contributed by atoms with Gasteiger partial charge in [0.15, 0.2) is 0 Å². The molecule has 1 aromatic rings. The third-order valence-electron chi connectivity index (χ3n) is 2.70. The zero-order valence-electron chi connectivity index (χ0n) is 10.1. The normalized spacial score (nSPS) is 11.9. The maximum atomic E-state index is 9.74. The summed E-state index contributed by atoms with van der Waals surface area (Å²) in [6.45, 7) is 4.14. The van der Waals surface area contributed by atoms with Crippen molar-refractivity contribution in [3.8, 4) is 5.75 Å². The summed E-state index contributed by atoms with van der Waals surface area (Å²) in [5.74, 6) is 0.332. The Bertz CT molecular complexity index is 315. The molecule has 1 rings (SSSR count). The van der Waals surface area contributed by atoms with Crippen molar-refractivity contribution in [2.75, 3.05) is 0 Å². The Balaban J connectivity index is 0.00000225. The fourth-order valence-corrected chi connectivity index (χ4v) is 1.74. The van der Waals surface area contributed by atoms with Crippen LogP contribution in [0.15, 0.2) is 18.2 Å². The van der Waals surface area contributed by atoms with E-state index in [0.29, 0.717) is 5.75 Å². The van der Waals surface area contributed by atoms with E-state index in [1.165, 1.54) is 12.8 Å². The zero-order chi connectivity index (χ0) is 11.3. The molecule has 0 amide bonds. The quantitative estimate of drug-likeness (QED) is 0.775. The van der Waals surface area contributed by atoms with Crippen LogP contribution in [0.25, 0.3) is 0 Å². The molecule has 0 bridgehead atoms. The van der Waals surface area contributed by atoms with Crippen molar-refractivity contribution in [1.82, 2.24) is 0 Å². The number of aromatic hydroxyl groups is 1. The number of hydrogen-bond donors (Lipinski definition) is 2. The number of benzene rings is 1. The minimum Gasteiger partial charge on any atom is -0.508 e. The number of phenolic OH excluding ortho intramolecular Hbond substituents is 1. The summed E-state index contributed by atoms with van der Waals surface area (Å²) in [6, 6.07) is 5.67. The van der Waals surface area contributed by atoms with Gasteiger partial charge in [0.2, 0.25) is 0 Å². The zero-order valence-corrected chi connectivity index (χ0v) is 10.9. The molecular formula is C13H22ClNO. The molecule has 92 valence electrons. The molecule has 2 nitrogen and oxygen atoms in total. The van der Waals surface area contributed by atoms with Gasteiger partial charge in [-0.25, -0.2) is 0 Å². The standard InChI is InChI=1S/C13H21NO.ClH/c1-3-4-5-6-12(14)11-8-7-10(2)9-13(11)15;/h7-9,12,15H,3-6,14H2,1-2H3;1H/t12-;/m1./s1. The molecule has 0 aliphatic rings. The van der Waals surface area contributed by atoms with Gasteiger partial charge in [-0.1, -0.05) is 38.3 Å². The third kappa shape index (κ3) is 4.42. The van der Waals surface area contributed by atoms with Gasteiger partial charge in [0.25, 0.3) is 0 Å². The van der Waals surface area contributed by atoms with Gasteiger partial charge in [0.05, 0.1) is 0 Å². The highest BCUT2D eigenvalue weighted by molar-refractivity contribution is 5.85. The van der Waals surface area contributed by atoms with E-state index >= 15 is 0 Å². The number of unbranched alkanes of at least 4 members (excludes halogenated alkanes) is 2. The predicted octanol–water partition coefficient (Wildman–Crippen LogP) is 3.70. The minimum absolute atomic E-state index is 0. The molecule has 0 aliphatic heterocycles. The van der Waals surface area contributed by atoms with Crippen molar-refractivity contribution in [3.63, 3.8) is 0 Å². The summed E-state index contributed by atoms with van der Waals surface area (Å²) in [6.07, 6.45) is 4.49. The van der Waals surface area contributed by atoms with Crippen LogP contribution in [-0.4, -0.2) is 5.11 Å². The second-order valence-electron chi connectivity index (χ2n) is 4.16. The minimum atomic E-state index is -0.0304. The Hall–Kier alpha value is -0.730. The first-order valence-electron chi connectivity index (χ1n) is 5.70. The summed E-state index contributed by atoms with van der Waals surface area (Å²) in [4.78, 5) is 0. The van der Waals surface area contributed by atoms with E-state index in [2.05, 4.69) is 6.92 Å². The number of hydrogen-bond acceptors (Lipinski definition) is 2. The summed E-state index contributed by atoms with van der Waals surface area (Å²) in [5, 5.41) is 9.74. The van der Waals surface area contributed by atoms with Gasteiger partial charge >= 0.3 is 0 Å². The SMILES string of the molecule is CCCCC[C@@H](N)c1ccc(C)cc1O.Cl. The molecule has 0 aromatic heterocycles. The van der Waals surface area contributed by atoms with Crippen molar-refractivity contribution in [3.05, 3.63) is 29.3 Å². The van der Waals surface area contributed by atoms with Crippen LogP contribution < -0.4 is 5.73 Å². The predicted molar refractivity (Wildman–Crippen MR) is 71.2 cm³/mol. The smallest absolute Gasteiger partial charge is 0.120 e. The van der Waals surface area contributed by atoms with Crippen molar-refractivity contribution in [2.45, 2.75) is 45.6 Å². The van der Waals surface area contributed by atoms with Crippen molar-refractivity contribution >= 4 is 12.4 Å². The molecule has 1 atom stereocenters. The number of halogens is 1. The lowest BCUT2D eigenvalue weighted by Gasteiger charge is -2.13. The van der Waals surface area contributed by atoms with Crippen LogP contribution in [-0.2, 0) is 0 Å². The highest BCUT2D eigenvalue weighted by atomic mass is 35.5. The van der Waals surface area contributed by atoms with E-state index in [1.807, 2.05) is 19.1 Å². The Kier molecular flexibility index (Phi) is 7.18. The molecule has 0 spiro atoms. The molecule has 0 fully saturated rings. The van der Waals surface area contributed by atoms with E-state index in [9.17, 15) is 5.11 Å². The Labute approximate surface area is 104 Å². The first kappa shape index (κ1) is 15.3. The summed E-state index contributed by atoms with van der Waals surface area (Å²) in [5.41, 5.74) is 7.97. The first-order chi connectivity index (χ1) is 7.15. The lowest BCUT2D eigenvalue weighted by atomic mass is 9.99. The van der Waals surface area contributed by atoms with Gasteiger partial charge in [-0.15, -0.1) is 12.4 Å². The monoisotopic (exact) mass is 243 g/mol. The van der Waals surface area contributed by atoms with E-state index < -0.39 is 0 Å². The third-order valence-corrected chi connectivity index (χ3v) is 2.70. The van der Waals surface area contributed by atoms with Gasteiger partial charge in [-0.05, 0) is 25.0 Å². The molecule has 0 saturated heterocycles. The topological polar surface area (TPSA) is 46.2 Å². The molecule has 0 radical (unpaired) electrons. The molecule has 3 N–H and O–H groups in total. The maximum absolute atomic E-state index is 9.74. The molecular weight excluding hydrogens is 222 g/mol. The van der Waals surface area contributed by atoms with E-state index in [1.54, 1.807) is 6.07 Å². The highest BCUT2D eigenvalue weighted by Crippen LogP contribution is 2.26. The van der Waals surface area contributed by atoms with Crippen LogP contribution in [0.3, 0.4) is 0 Å². The molecule has 1 aromatic carbocycles. The van der Waals surface area contributed by atoms with Gasteiger partial charge in [-0.3, -0.25) is 0 Å². The van der Waals surface area contributed by atoms with E-state index in [-0.39, 0.29) is 18.4 Å². The highest BCUT2D eigenvalue weighted by Gasteiger charge is 2.09. The fourth-order valence-electron chi connectivity index (χ4n) is 1.74. The van der Waals surface area contributed by atoms with E-state index in [0.717, 1.165) is 24.0 Å². The van der Waals surface area contributed by atoms with Gasteiger partial charge < -0.3 is 10.8 Å². The van der Waals surface area contributed by atoms with Crippen LogP contribution in [0.5, 0.6) is 5.75 Å². The molecule has 0 unspecified atom stereocenters. The van der Waals surface area contributed by atoms with E-state index in [4.69, 9.17) is 5.73 Å². The van der Waals surface area contributed by atoms with Crippen LogP contribution >= 0.6 is 12.4 Å². The number of phenols is 1. The maximum Gasteiger partial charge on any atom is 0.120 e.